The van der Waals surface area contributed by atoms with Crippen molar-refractivity contribution in [3.05, 3.63) is 34.9 Å². The number of hydrogen-bond donors (Lipinski definition) is 0. The van der Waals surface area contributed by atoms with Gasteiger partial charge in [0.15, 0.2) is 25.2 Å². The molecule has 0 radical (unpaired) electrons. The molecule has 0 amide bonds. The molecule has 37 heavy (non-hydrogen) atoms. The summed E-state index contributed by atoms with van der Waals surface area (Å²) in [6.45, 7) is 12.7. The van der Waals surface area contributed by atoms with Gasteiger partial charge in [-0.1, -0.05) is 40.0 Å². The van der Waals surface area contributed by atoms with Gasteiger partial charge in [0.2, 0.25) is 0 Å². The molecule has 4 atom stereocenters. The fourth-order valence-electron chi connectivity index (χ4n) is 3.19. The van der Waals surface area contributed by atoms with Crippen molar-refractivity contribution < 1.29 is 42.7 Å². The van der Waals surface area contributed by atoms with E-state index in [0.717, 1.165) is 38.5 Å². The highest BCUT2D eigenvalue weighted by atomic mass is 16.8. The van der Waals surface area contributed by atoms with Crippen molar-refractivity contribution in [2.75, 3.05) is 26.9 Å². The van der Waals surface area contributed by atoms with Gasteiger partial charge in [0.1, 0.15) is 0 Å². The Morgan fingerprint density at radius 1 is 0.676 bits per heavy atom. The third kappa shape index (κ3) is 13.4. The van der Waals surface area contributed by atoms with E-state index in [0.29, 0.717) is 25.4 Å². The highest BCUT2D eigenvalue weighted by Crippen LogP contribution is 2.25. The van der Waals surface area contributed by atoms with E-state index in [9.17, 15) is 9.59 Å². The minimum Gasteiger partial charge on any atom is -0.432 e. The minimum absolute atomic E-state index is 0.139. The molecule has 0 aromatic heterocycles. The number of benzene rings is 1. The molecule has 0 N–H and O–H groups in total. The van der Waals surface area contributed by atoms with Crippen molar-refractivity contribution in [1.82, 2.24) is 0 Å². The van der Waals surface area contributed by atoms with Gasteiger partial charge in [0, 0.05) is 19.3 Å². The van der Waals surface area contributed by atoms with E-state index in [1.807, 2.05) is 13.8 Å². The van der Waals surface area contributed by atoms with E-state index >= 15 is 0 Å². The molecule has 0 heterocycles. The van der Waals surface area contributed by atoms with E-state index in [4.69, 9.17) is 33.2 Å². The van der Waals surface area contributed by atoms with Crippen LogP contribution in [0.25, 0.3) is 0 Å². The summed E-state index contributed by atoms with van der Waals surface area (Å²) in [6, 6.07) is 4.54. The second-order valence-corrected chi connectivity index (χ2v) is 8.73. The Bertz CT molecular complexity index is 735. The van der Waals surface area contributed by atoms with Crippen molar-refractivity contribution in [1.29, 1.82) is 0 Å². The van der Waals surface area contributed by atoms with Crippen LogP contribution in [-0.4, -0.2) is 57.7 Å². The molecule has 0 fully saturated rings. The lowest BCUT2D eigenvalue weighted by atomic mass is 10.0. The second-order valence-electron chi connectivity index (χ2n) is 8.73. The summed E-state index contributed by atoms with van der Waals surface area (Å²) >= 11 is 0. The summed E-state index contributed by atoms with van der Waals surface area (Å²) in [6.07, 6.45) is 2.60. The van der Waals surface area contributed by atoms with Gasteiger partial charge in [-0.05, 0) is 58.2 Å². The molecule has 0 bridgehead atoms. The van der Waals surface area contributed by atoms with Crippen LogP contribution in [0.5, 0.6) is 0 Å². The number of esters is 2. The Hall–Kier alpha value is -2.04. The largest absolute Gasteiger partial charge is 0.432 e. The number of unbranched alkanes of at least 4 members (excludes halogenated alkanes) is 3. The fraction of sp³-hybridized carbons (Fsp3) is 0.714. The average Bonchev–Trinajstić information content (AvgIpc) is 2.87. The van der Waals surface area contributed by atoms with Gasteiger partial charge in [-0.25, -0.2) is 9.59 Å². The molecule has 1 aromatic carbocycles. The van der Waals surface area contributed by atoms with E-state index in [1.54, 1.807) is 32.9 Å². The van der Waals surface area contributed by atoms with Gasteiger partial charge in [-0.3, -0.25) is 0 Å². The quantitative estimate of drug-likeness (QED) is 0.112. The zero-order valence-corrected chi connectivity index (χ0v) is 23.6. The Morgan fingerprint density at radius 3 is 1.46 bits per heavy atom. The first-order chi connectivity index (χ1) is 17.7. The average molecular weight is 527 g/mol. The van der Waals surface area contributed by atoms with Crippen LogP contribution in [0.3, 0.4) is 0 Å². The molecule has 212 valence electrons. The molecule has 0 saturated heterocycles. The second kappa shape index (κ2) is 19.1. The number of hydrogen-bond acceptors (Lipinski definition) is 9. The minimum atomic E-state index is -0.896. The topological polar surface area (TPSA) is 98.8 Å². The van der Waals surface area contributed by atoms with Crippen molar-refractivity contribution in [3.8, 4) is 0 Å². The molecular formula is C28H46O9. The van der Waals surface area contributed by atoms with Gasteiger partial charge in [0.25, 0.3) is 0 Å². The number of carbonyl (C=O) groups excluding carboxylic acids is 2. The maximum atomic E-state index is 12.9. The summed E-state index contributed by atoms with van der Waals surface area (Å²) in [4.78, 5) is 25.9. The zero-order chi connectivity index (χ0) is 27.6. The third-order valence-electron chi connectivity index (χ3n) is 5.33. The van der Waals surface area contributed by atoms with Crippen LogP contribution in [0, 0.1) is 0 Å². The zero-order valence-electron chi connectivity index (χ0n) is 23.6. The molecule has 9 nitrogen and oxygen atoms in total. The highest BCUT2D eigenvalue weighted by Gasteiger charge is 2.23. The summed E-state index contributed by atoms with van der Waals surface area (Å²) in [5.74, 6) is -1.29. The number of ether oxygens (including phenoxy) is 7. The summed E-state index contributed by atoms with van der Waals surface area (Å²) < 4.78 is 39.0. The predicted octanol–water partition coefficient (Wildman–Crippen LogP) is 6.15. The highest BCUT2D eigenvalue weighted by molar-refractivity contribution is 5.95. The van der Waals surface area contributed by atoms with Gasteiger partial charge < -0.3 is 33.2 Å². The lowest BCUT2D eigenvalue weighted by Gasteiger charge is -2.23. The van der Waals surface area contributed by atoms with Crippen LogP contribution in [0.4, 0.5) is 0 Å². The Morgan fingerprint density at radius 2 is 1.08 bits per heavy atom. The summed E-state index contributed by atoms with van der Waals surface area (Å²) in [5.41, 5.74) is 0.717. The maximum Gasteiger partial charge on any atom is 0.340 e. The van der Waals surface area contributed by atoms with Crippen molar-refractivity contribution in [2.45, 2.75) is 105 Å². The molecule has 0 aliphatic carbocycles. The van der Waals surface area contributed by atoms with E-state index in [2.05, 4.69) is 6.92 Å². The lowest BCUT2D eigenvalue weighted by molar-refractivity contribution is -0.234. The number of carbonyl (C=O) groups is 2. The molecular weight excluding hydrogens is 480 g/mol. The van der Waals surface area contributed by atoms with Crippen LogP contribution in [-0.2, 0) is 33.2 Å². The van der Waals surface area contributed by atoms with Crippen LogP contribution in [0.15, 0.2) is 18.2 Å². The molecule has 9 heteroatoms. The van der Waals surface area contributed by atoms with Crippen molar-refractivity contribution in [3.63, 3.8) is 0 Å². The van der Waals surface area contributed by atoms with Gasteiger partial charge in [-0.15, -0.1) is 0 Å². The van der Waals surface area contributed by atoms with Crippen LogP contribution >= 0.6 is 0 Å². The Balaban J connectivity index is 3.13. The third-order valence-corrected chi connectivity index (χ3v) is 5.33. The van der Waals surface area contributed by atoms with Gasteiger partial charge >= 0.3 is 11.9 Å². The first-order valence-corrected chi connectivity index (χ1v) is 13.4. The summed E-state index contributed by atoms with van der Waals surface area (Å²) in [7, 11) is 1.47. The Labute approximate surface area is 222 Å². The van der Waals surface area contributed by atoms with Crippen LogP contribution in [0.2, 0.25) is 0 Å². The molecule has 1 rings (SSSR count). The maximum absolute atomic E-state index is 12.9. The molecule has 1 aromatic rings. The first kappa shape index (κ1) is 33.0. The van der Waals surface area contributed by atoms with Crippen molar-refractivity contribution in [2.24, 2.45) is 0 Å². The monoisotopic (exact) mass is 526 g/mol. The summed E-state index contributed by atoms with van der Waals surface area (Å²) in [5, 5.41) is 0. The van der Waals surface area contributed by atoms with Crippen molar-refractivity contribution >= 4 is 11.9 Å². The van der Waals surface area contributed by atoms with E-state index in [1.165, 1.54) is 13.2 Å². The molecule has 4 unspecified atom stereocenters. The SMILES string of the molecule is CCCCOC(C)OC(=O)c1cc(C(=O)OC(C)OCCCC)cc(C(OC)OC(C)OCCCC)c1. The standard InChI is InChI=1S/C28H46O9/c1-8-11-14-32-20(4)35-26(29)23-17-24(27(30)36-21(5)33-15-12-9-2)19-25(18-23)28(31-7)37-22(6)34-16-13-10-3/h17-22,28H,8-16H2,1-7H3. The van der Waals surface area contributed by atoms with E-state index in [-0.39, 0.29) is 11.1 Å². The Kier molecular flexibility index (Phi) is 17.0. The fourth-order valence-corrected chi connectivity index (χ4v) is 3.19. The van der Waals surface area contributed by atoms with Gasteiger partial charge in [0.05, 0.1) is 24.3 Å². The van der Waals surface area contributed by atoms with Crippen LogP contribution < -0.4 is 0 Å². The molecule has 0 aliphatic rings. The number of methoxy groups -OCH3 is 1. The number of rotatable bonds is 20. The molecule has 0 saturated carbocycles. The van der Waals surface area contributed by atoms with E-state index < -0.39 is 37.1 Å². The lowest BCUT2D eigenvalue weighted by Crippen LogP contribution is -2.22. The normalized spacial score (nSPS) is 14.6. The first-order valence-electron chi connectivity index (χ1n) is 13.4. The van der Waals surface area contributed by atoms with Gasteiger partial charge in [-0.2, -0.15) is 0 Å². The molecule has 0 spiro atoms. The molecule has 0 aliphatic heterocycles. The van der Waals surface area contributed by atoms with Crippen LogP contribution in [0.1, 0.15) is 113 Å². The predicted molar refractivity (Wildman–Crippen MR) is 139 cm³/mol. The smallest absolute Gasteiger partial charge is 0.340 e.